The van der Waals surface area contributed by atoms with Gasteiger partial charge in [0.2, 0.25) is 5.95 Å². The van der Waals surface area contributed by atoms with E-state index in [0.717, 1.165) is 53.7 Å². The molecule has 2 atom stereocenters. The second-order valence-electron chi connectivity index (χ2n) is 8.80. The highest BCUT2D eigenvalue weighted by atomic mass is 35.5. The van der Waals surface area contributed by atoms with Gasteiger partial charge in [-0.05, 0) is 50.9 Å². The minimum absolute atomic E-state index is 0.308. The maximum atomic E-state index is 6.50. The van der Waals surface area contributed by atoms with Crippen LogP contribution in [0.3, 0.4) is 0 Å². The van der Waals surface area contributed by atoms with E-state index in [1.54, 1.807) is 12.4 Å². The standard InChI is InChI=1S/C25H28ClN7/c1-33(15-18-10-9-16(27)12-28-18)19-6-4-5-17(11-19)31-25-30-14-22(26)24(32-25)21-13-29-23-8-3-2-7-20(21)23/h2-3,7-10,12-14,17,19,29H,4-6,11,15,27H2,1H3,(H,30,31,32)/t17-,19+/m1/s1. The summed E-state index contributed by atoms with van der Waals surface area (Å²) in [5, 5.41) is 5.21. The molecule has 4 aromatic rings. The first-order valence-corrected chi connectivity index (χ1v) is 11.7. The number of nitrogens with one attached hydrogen (secondary N) is 2. The summed E-state index contributed by atoms with van der Waals surface area (Å²) in [7, 11) is 2.17. The number of hydrogen-bond acceptors (Lipinski definition) is 6. The van der Waals surface area contributed by atoms with E-state index in [4.69, 9.17) is 22.3 Å². The molecule has 1 aliphatic carbocycles. The van der Waals surface area contributed by atoms with Crippen molar-refractivity contribution < 1.29 is 0 Å². The van der Waals surface area contributed by atoms with E-state index in [-0.39, 0.29) is 0 Å². The molecule has 0 amide bonds. The van der Waals surface area contributed by atoms with E-state index >= 15 is 0 Å². The van der Waals surface area contributed by atoms with Gasteiger partial charge in [-0.1, -0.05) is 29.8 Å². The maximum Gasteiger partial charge on any atom is 0.223 e. The van der Waals surface area contributed by atoms with Crippen molar-refractivity contribution in [1.29, 1.82) is 0 Å². The normalized spacial score (nSPS) is 18.6. The number of anilines is 2. The third kappa shape index (κ3) is 4.79. The summed E-state index contributed by atoms with van der Waals surface area (Å²) >= 11 is 6.50. The van der Waals surface area contributed by atoms with Crippen LogP contribution in [0.15, 0.2) is 55.0 Å². The van der Waals surface area contributed by atoms with Crippen molar-refractivity contribution in [2.75, 3.05) is 18.1 Å². The van der Waals surface area contributed by atoms with Crippen molar-refractivity contribution in [2.45, 2.75) is 44.3 Å². The lowest BCUT2D eigenvalue weighted by Gasteiger charge is -2.35. The molecule has 5 rings (SSSR count). The molecule has 0 aliphatic heterocycles. The van der Waals surface area contributed by atoms with Crippen LogP contribution in [0.1, 0.15) is 31.4 Å². The fraction of sp³-hybridized carbons (Fsp3) is 0.320. The SMILES string of the molecule is CN(Cc1ccc(N)cn1)[C@H]1CCC[C@@H](Nc2ncc(Cl)c(-c3c[nH]c4ccccc34)n2)C1. The lowest BCUT2D eigenvalue weighted by molar-refractivity contribution is 0.176. The number of aromatic nitrogens is 4. The predicted octanol–water partition coefficient (Wildman–Crippen LogP) is 5.11. The van der Waals surface area contributed by atoms with Crippen molar-refractivity contribution in [3.63, 3.8) is 0 Å². The molecule has 1 aliphatic rings. The lowest BCUT2D eigenvalue weighted by Crippen LogP contribution is -2.40. The molecule has 1 saturated carbocycles. The molecule has 170 valence electrons. The van der Waals surface area contributed by atoms with Crippen LogP contribution in [0.25, 0.3) is 22.2 Å². The van der Waals surface area contributed by atoms with Crippen molar-refractivity contribution in [2.24, 2.45) is 0 Å². The Morgan fingerprint density at radius 1 is 1.15 bits per heavy atom. The van der Waals surface area contributed by atoms with Gasteiger partial charge in [0.15, 0.2) is 0 Å². The number of nitrogen functional groups attached to an aromatic ring is 1. The van der Waals surface area contributed by atoms with E-state index in [1.807, 2.05) is 36.5 Å². The third-order valence-electron chi connectivity index (χ3n) is 6.45. The van der Waals surface area contributed by atoms with Crippen LogP contribution in [-0.4, -0.2) is 44.0 Å². The zero-order chi connectivity index (χ0) is 22.8. The molecule has 1 fully saturated rings. The molecule has 0 spiro atoms. The van der Waals surface area contributed by atoms with Gasteiger partial charge < -0.3 is 16.0 Å². The second-order valence-corrected chi connectivity index (χ2v) is 9.20. The summed E-state index contributed by atoms with van der Waals surface area (Å²) in [4.78, 5) is 19.4. The number of halogens is 1. The van der Waals surface area contributed by atoms with Crippen LogP contribution in [0.2, 0.25) is 5.02 Å². The molecule has 8 heteroatoms. The van der Waals surface area contributed by atoms with Gasteiger partial charge in [0.1, 0.15) is 0 Å². The van der Waals surface area contributed by atoms with Crippen LogP contribution in [0.5, 0.6) is 0 Å². The highest BCUT2D eigenvalue weighted by molar-refractivity contribution is 6.33. The highest BCUT2D eigenvalue weighted by Crippen LogP contribution is 2.33. The van der Waals surface area contributed by atoms with Crippen LogP contribution in [0.4, 0.5) is 11.6 Å². The van der Waals surface area contributed by atoms with Crippen LogP contribution >= 0.6 is 11.6 Å². The van der Waals surface area contributed by atoms with Gasteiger partial charge in [-0.3, -0.25) is 9.88 Å². The Morgan fingerprint density at radius 3 is 2.88 bits per heavy atom. The number of aromatic amines is 1. The summed E-state index contributed by atoms with van der Waals surface area (Å²) < 4.78 is 0. The number of hydrogen-bond donors (Lipinski definition) is 3. The Morgan fingerprint density at radius 2 is 2.03 bits per heavy atom. The summed E-state index contributed by atoms with van der Waals surface area (Å²) in [6.45, 7) is 0.805. The lowest BCUT2D eigenvalue weighted by atomic mass is 9.90. The van der Waals surface area contributed by atoms with Gasteiger partial charge in [-0.15, -0.1) is 0 Å². The number of nitrogens with two attached hydrogens (primary N) is 1. The van der Waals surface area contributed by atoms with Crippen molar-refractivity contribution in [3.8, 4) is 11.3 Å². The van der Waals surface area contributed by atoms with E-state index in [0.29, 0.717) is 28.7 Å². The number of benzene rings is 1. The molecule has 0 radical (unpaired) electrons. The number of para-hydroxylation sites is 1. The number of fused-ring (bicyclic) bond motifs is 1. The molecular formula is C25H28ClN7. The Labute approximate surface area is 198 Å². The van der Waals surface area contributed by atoms with Crippen molar-refractivity contribution in [1.82, 2.24) is 24.8 Å². The molecule has 0 saturated heterocycles. The van der Waals surface area contributed by atoms with Gasteiger partial charge in [0.05, 0.1) is 34.5 Å². The van der Waals surface area contributed by atoms with E-state index in [1.165, 1.54) is 6.42 Å². The number of H-pyrrole nitrogens is 1. The fourth-order valence-corrected chi connectivity index (χ4v) is 4.88. The van der Waals surface area contributed by atoms with Crippen molar-refractivity contribution >= 4 is 34.1 Å². The Hall–Kier alpha value is -3.16. The van der Waals surface area contributed by atoms with Crippen LogP contribution in [0, 0.1) is 0 Å². The zero-order valence-corrected chi connectivity index (χ0v) is 19.4. The highest BCUT2D eigenvalue weighted by Gasteiger charge is 2.26. The monoisotopic (exact) mass is 461 g/mol. The quantitative estimate of drug-likeness (QED) is 0.369. The molecular weight excluding hydrogens is 434 g/mol. The van der Waals surface area contributed by atoms with E-state index in [9.17, 15) is 0 Å². The number of rotatable bonds is 6. The van der Waals surface area contributed by atoms with Crippen LogP contribution < -0.4 is 11.1 Å². The molecule has 33 heavy (non-hydrogen) atoms. The topological polar surface area (TPSA) is 95.7 Å². The summed E-state index contributed by atoms with van der Waals surface area (Å²) in [5.41, 5.74) is 10.3. The largest absolute Gasteiger partial charge is 0.397 e. The summed E-state index contributed by atoms with van der Waals surface area (Å²) in [6.07, 6.45) is 9.82. The zero-order valence-electron chi connectivity index (χ0n) is 18.6. The van der Waals surface area contributed by atoms with Crippen molar-refractivity contribution in [3.05, 3.63) is 65.7 Å². The minimum atomic E-state index is 0.308. The summed E-state index contributed by atoms with van der Waals surface area (Å²) in [6, 6.07) is 12.8. The minimum Gasteiger partial charge on any atom is -0.397 e. The maximum absolute atomic E-state index is 6.50. The smallest absolute Gasteiger partial charge is 0.223 e. The molecule has 3 aromatic heterocycles. The molecule has 4 N–H and O–H groups in total. The van der Waals surface area contributed by atoms with Gasteiger partial charge in [-0.2, -0.15) is 0 Å². The Balaban J connectivity index is 1.29. The first-order chi connectivity index (χ1) is 16.1. The van der Waals surface area contributed by atoms with Gasteiger partial charge >= 0.3 is 0 Å². The Bertz CT molecular complexity index is 1240. The second kappa shape index (κ2) is 9.37. The molecule has 1 aromatic carbocycles. The molecule has 3 heterocycles. The Kier molecular flexibility index (Phi) is 6.15. The molecule has 0 unspecified atom stereocenters. The van der Waals surface area contributed by atoms with Gasteiger partial charge in [0.25, 0.3) is 0 Å². The fourth-order valence-electron chi connectivity index (χ4n) is 4.69. The van der Waals surface area contributed by atoms with E-state index in [2.05, 4.69) is 38.3 Å². The molecule has 0 bridgehead atoms. The number of pyridine rings is 1. The third-order valence-corrected chi connectivity index (χ3v) is 6.73. The number of nitrogens with zero attached hydrogens (tertiary/aromatic N) is 4. The summed E-state index contributed by atoms with van der Waals surface area (Å²) in [5.74, 6) is 0.619. The van der Waals surface area contributed by atoms with Crippen LogP contribution in [-0.2, 0) is 6.54 Å². The first kappa shape index (κ1) is 21.7. The average molecular weight is 462 g/mol. The predicted molar refractivity (Wildman–Crippen MR) is 134 cm³/mol. The van der Waals surface area contributed by atoms with Gasteiger partial charge in [0, 0.05) is 41.3 Å². The van der Waals surface area contributed by atoms with Gasteiger partial charge in [-0.25, -0.2) is 9.97 Å². The first-order valence-electron chi connectivity index (χ1n) is 11.3. The molecule has 7 nitrogen and oxygen atoms in total. The average Bonchev–Trinajstić information content (AvgIpc) is 3.26. The van der Waals surface area contributed by atoms with E-state index < -0.39 is 0 Å².